The Balaban J connectivity index is 2.15. The number of carbonyl (C=O) groups excluding carboxylic acids is 1. The lowest BCUT2D eigenvalue weighted by molar-refractivity contribution is 0.0155. The van der Waals surface area contributed by atoms with Crippen LogP contribution in [0.25, 0.3) is 0 Å². The molecule has 1 aliphatic rings. The molecule has 0 saturated heterocycles. The van der Waals surface area contributed by atoms with Crippen LogP contribution in [0.15, 0.2) is 18.2 Å². The molecule has 0 bridgehead atoms. The van der Waals surface area contributed by atoms with Gasteiger partial charge in [-0.3, -0.25) is 4.79 Å². The minimum Gasteiger partial charge on any atom is -0.493 e. The summed E-state index contributed by atoms with van der Waals surface area (Å²) in [6.45, 7) is 2.68. The van der Waals surface area contributed by atoms with Crippen LogP contribution >= 0.6 is 11.6 Å². The summed E-state index contributed by atoms with van der Waals surface area (Å²) in [6.07, 6.45) is 3.54. The summed E-state index contributed by atoms with van der Waals surface area (Å²) in [7, 11) is 1.71. The highest BCUT2D eigenvalue weighted by atomic mass is 35.5. The normalized spacial score (nSPS) is 16.8. The number of carbonyl (C=O) groups is 1. The molecule has 4 nitrogen and oxygen atoms in total. The largest absolute Gasteiger partial charge is 0.493 e. The number of halogens is 1. The van der Waals surface area contributed by atoms with Gasteiger partial charge in [0, 0.05) is 18.6 Å². The fraction of sp³-hybridized carbons (Fsp3) is 0.562. The Morgan fingerprint density at radius 2 is 2.10 bits per heavy atom. The zero-order valence-electron chi connectivity index (χ0n) is 12.6. The van der Waals surface area contributed by atoms with Gasteiger partial charge in [-0.15, -0.1) is 0 Å². The van der Waals surface area contributed by atoms with Crippen molar-refractivity contribution in [2.24, 2.45) is 0 Å². The van der Waals surface area contributed by atoms with Crippen molar-refractivity contribution in [2.45, 2.75) is 38.2 Å². The van der Waals surface area contributed by atoms with Crippen molar-refractivity contribution >= 4 is 17.5 Å². The predicted octanol–water partition coefficient (Wildman–Crippen LogP) is 3.12. The molecule has 0 spiro atoms. The van der Waals surface area contributed by atoms with Crippen molar-refractivity contribution in [3.05, 3.63) is 28.8 Å². The molecule has 0 unspecified atom stereocenters. The highest BCUT2D eigenvalue weighted by Gasteiger charge is 2.34. The monoisotopic (exact) mass is 311 g/mol. The van der Waals surface area contributed by atoms with E-state index in [0.29, 0.717) is 29.5 Å². The number of hydrogen-bond acceptors (Lipinski definition) is 3. The first-order valence-electron chi connectivity index (χ1n) is 7.35. The number of nitrogens with zero attached hydrogens (tertiary/aromatic N) is 1. The average Bonchev–Trinajstić information content (AvgIpc) is 2.85. The molecule has 0 aliphatic heterocycles. The van der Waals surface area contributed by atoms with E-state index in [9.17, 15) is 9.90 Å². The van der Waals surface area contributed by atoms with E-state index in [1.165, 1.54) is 0 Å². The zero-order chi connectivity index (χ0) is 15.5. The van der Waals surface area contributed by atoms with Crippen molar-refractivity contribution in [1.82, 2.24) is 4.90 Å². The van der Waals surface area contributed by atoms with Crippen molar-refractivity contribution in [2.75, 3.05) is 20.2 Å². The number of hydrogen-bond donors (Lipinski definition) is 1. The standard InChI is InChI=1S/C16H22ClNO3/c1-3-21-14-10-12(17)6-7-13(14)15(19)18(2)11-16(20)8-4-5-9-16/h6-7,10,20H,3-5,8-9,11H2,1-2H3. The van der Waals surface area contributed by atoms with E-state index in [4.69, 9.17) is 16.3 Å². The molecule has 1 aromatic carbocycles. The molecule has 1 fully saturated rings. The van der Waals surface area contributed by atoms with Crippen LogP contribution in [0.1, 0.15) is 43.0 Å². The van der Waals surface area contributed by atoms with E-state index in [-0.39, 0.29) is 5.91 Å². The molecule has 0 atom stereocenters. The molecule has 1 N–H and O–H groups in total. The van der Waals surface area contributed by atoms with Gasteiger partial charge in [-0.2, -0.15) is 0 Å². The molecule has 21 heavy (non-hydrogen) atoms. The summed E-state index contributed by atoms with van der Waals surface area (Å²) < 4.78 is 5.49. The lowest BCUT2D eigenvalue weighted by Gasteiger charge is -2.29. The van der Waals surface area contributed by atoms with Crippen LogP contribution in [-0.4, -0.2) is 41.7 Å². The Morgan fingerprint density at radius 1 is 1.43 bits per heavy atom. The van der Waals surface area contributed by atoms with Crippen molar-refractivity contribution in [3.63, 3.8) is 0 Å². The Labute approximate surface area is 130 Å². The summed E-state index contributed by atoms with van der Waals surface area (Å²) in [5.41, 5.74) is -0.270. The van der Waals surface area contributed by atoms with Gasteiger partial charge in [0.1, 0.15) is 5.75 Å². The highest BCUT2D eigenvalue weighted by molar-refractivity contribution is 6.30. The van der Waals surface area contributed by atoms with Crippen LogP contribution in [0.2, 0.25) is 5.02 Å². The number of rotatable bonds is 5. The molecule has 1 amide bonds. The van der Waals surface area contributed by atoms with Gasteiger partial charge in [0.2, 0.25) is 0 Å². The minimum atomic E-state index is -0.747. The van der Waals surface area contributed by atoms with E-state index in [0.717, 1.165) is 25.7 Å². The SMILES string of the molecule is CCOc1cc(Cl)ccc1C(=O)N(C)CC1(O)CCCC1. The Kier molecular flexibility index (Phi) is 5.12. The summed E-state index contributed by atoms with van der Waals surface area (Å²) in [4.78, 5) is 14.1. The van der Waals surface area contributed by atoms with Crippen LogP contribution in [-0.2, 0) is 0 Å². The number of ether oxygens (including phenoxy) is 1. The topological polar surface area (TPSA) is 49.8 Å². The van der Waals surface area contributed by atoms with Crippen molar-refractivity contribution in [1.29, 1.82) is 0 Å². The first kappa shape index (κ1) is 16.1. The molecule has 5 heteroatoms. The zero-order valence-corrected chi connectivity index (χ0v) is 13.3. The summed E-state index contributed by atoms with van der Waals surface area (Å²) in [6, 6.07) is 5.00. The third-order valence-corrected chi connectivity index (χ3v) is 4.12. The van der Waals surface area contributed by atoms with Crippen LogP contribution in [0, 0.1) is 0 Å². The number of benzene rings is 1. The second-order valence-electron chi connectivity index (χ2n) is 5.67. The van der Waals surface area contributed by atoms with Gasteiger partial charge >= 0.3 is 0 Å². The predicted molar refractivity (Wildman–Crippen MR) is 83.0 cm³/mol. The number of likely N-dealkylation sites (N-methyl/N-ethyl adjacent to an activating group) is 1. The van der Waals surface area contributed by atoms with E-state index in [2.05, 4.69) is 0 Å². The Bertz CT molecular complexity index is 512. The molecule has 0 heterocycles. The molecule has 0 radical (unpaired) electrons. The summed E-state index contributed by atoms with van der Waals surface area (Å²) >= 11 is 5.95. The molecular formula is C16H22ClNO3. The maximum absolute atomic E-state index is 12.6. The van der Waals surface area contributed by atoms with Crippen LogP contribution in [0.4, 0.5) is 0 Å². The number of aliphatic hydroxyl groups is 1. The van der Waals surface area contributed by atoms with Crippen LogP contribution in [0.3, 0.4) is 0 Å². The molecule has 1 saturated carbocycles. The van der Waals surface area contributed by atoms with Gasteiger partial charge in [0.05, 0.1) is 17.8 Å². The first-order valence-corrected chi connectivity index (χ1v) is 7.73. The smallest absolute Gasteiger partial charge is 0.257 e. The minimum absolute atomic E-state index is 0.157. The lowest BCUT2D eigenvalue weighted by atomic mass is 10.0. The molecule has 2 rings (SSSR count). The van der Waals surface area contributed by atoms with Crippen molar-refractivity contribution in [3.8, 4) is 5.75 Å². The molecule has 1 aromatic rings. The average molecular weight is 312 g/mol. The maximum atomic E-state index is 12.6. The molecular weight excluding hydrogens is 290 g/mol. The van der Waals surface area contributed by atoms with Gasteiger partial charge in [-0.25, -0.2) is 0 Å². The van der Waals surface area contributed by atoms with E-state index < -0.39 is 5.60 Å². The second-order valence-corrected chi connectivity index (χ2v) is 6.10. The fourth-order valence-electron chi connectivity index (χ4n) is 2.86. The fourth-order valence-corrected chi connectivity index (χ4v) is 3.02. The van der Waals surface area contributed by atoms with Gasteiger partial charge in [0.25, 0.3) is 5.91 Å². The third kappa shape index (κ3) is 3.89. The van der Waals surface area contributed by atoms with E-state index in [1.807, 2.05) is 6.92 Å². The molecule has 1 aliphatic carbocycles. The summed E-state index contributed by atoms with van der Waals surface area (Å²) in [5, 5.41) is 11.0. The van der Waals surface area contributed by atoms with E-state index in [1.54, 1.807) is 30.1 Å². The second kappa shape index (κ2) is 6.67. The van der Waals surface area contributed by atoms with Crippen LogP contribution < -0.4 is 4.74 Å². The first-order chi connectivity index (χ1) is 9.95. The van der Waals surface area contributed by atoms with Gasteiger partial charge in [-0.05, 0) is 38.0 Å². The Hall–Kier alpha value is -1.26. The number of amides is 1. The quantitative estimate of drug-likeness (QED) is 0.909. The van der Waals surface area contributed by atoms with E-state index >= 15 is 0 Å². The maximum Gasteiger partial charge on any atom is 0.257 e. The van der Waals surface area contributed by atoms with Crippen LogP contribution in [0.5, 0.6) is 5.75 Å². The van der Waals surface area contributed by atoms with Gasteiger partial charge in [-0.1, -0.05) is 24.4 Å². The van der Waals surface area contributed by atoms with Gasteiger partial charge in [0.15, 0.2) is 0 Å². The van der Waals surface area contributed by atoms with Crippen molar-refractivity contribution < 1.29 is 14.6 Å². The molecule has 0 aromatic heterocycles. The summed E-state index contributed by atoms with van der Waals surface area (Å²) in [5.74, 6) is 0.329. The Morgan fingerprint density at radius 3 is 2.71 bits per heavy atom. The van der Waals surface area contributed by atoms with Gasteiger partial charge < -0.3 is 14.7 Å². The lowest BCUT2D eigenvalue weighted by Crippen LogP contribution is -2.42. The highest BCUT2D eigenvalue weighted by Crippen LogP contribution is 2.31. The third-order valence-electron chi connectivity index (χ3n) is 3.89. The molecule has 116 valence electrons.